The molecule has 2 rings (SSSR count). The predicted octanol–water partition coefficient (Wildman–Crippen LogP) is 2.69. The summed E-state index contributed by atoms with van der Waals surface area (Å²) in [5.74, 6) is 1.53. The van der Waals surface area contributed by atoms with Crippen LogP contribution in [0.3, 0.4) is 0 Å². The van der Waals surface area contributed by atoms with Gasteiger partial charge in [0.25, 0.3) is 0 Å². The highest BCUT2D eigenvalue weighted by atomic mass is 127. The second-order valence-corrected chi connectivity index (χ2v) is 4.54. The van der Waals surface area contributed by atoms with Crippen molar-refractivity contribution < 1.29 is 4.42 Å². The minimum absolute atomic E-state index is 0.457. The lowest BCUT2D eigenvalue weighted by Crippen LogP contribution is -1.97. The molecule has 0 amide bonds. The Morgan fingerprint density at radius 2 is 2.29 bits per heavy atom. The van der Waals surface area contributed by atoms with Crippen molar-refractivity contribution in [3.63, 3.8) is 0 Å². The minimum atomic E-state index is 0.457. The maximum absolute atomic E-state index is 5.66. The highest BCUT2D eigenvalue weighted by Gasteiger charge is 2.10. The van der Waals surface area contributed by atoms with E-state index in [0.29, 0.717) is 17.4 Å². The Labute approximate surface area is 102 Å². The molecule has 14 heavy (non-hydrogen) atoms. The average molecular weight is 366 g/mol. The quantitative estimate of drug-likeness (QED) is 0.789. The van der Waals surface area contributed by atoms with Gasteiger partial charge in [-0.3, -0.25) is 0 Å². The van der Waals surface area contributed by atoms with Crippen LogP contribution in [0.1, 0.15) is 0 Å². The lowest BCUT2D eigenvalue weighted by molar-refractivity contribution is 0.576. The molecule has 0 spiro atoms. The summed E-state index contributed by atoms with van der Waals surface area (Å²) in [7, 11) is 0. The van der Waals surface area contributed by atoms with Crippen molar-refractivity contribution in [2.45, 2.75) is 0 Å². The van der Waals surface area contributed by atoms with E-state index in [1.807, 2.05) is 0 Å². The van der Waals surface area contributed by atoms with Crippen LogP contribution in [0.2, 0.25) is 0 Å². The van der Waals surface area contributed by atoms with Gasteiger partial charge in [-0.05, 0) is 44.6 Å². The van der Waals surface area contributed by atoms with Crippen molar-refractivity contribution in [1.29, 1.82) is 0 Å². The van der Waals surface area contributed by atoms with Gasteiger partial charge in [0.1, 0.15) is 5.82 Å². The van der Waals surface area contributed by atoms with Gasteiger partial charge in [0.15, 0.2) is 11.6 Å². The van der Waals surface area contributed by atoms with E-state index in [-0.39, 0.29) is 0 Å². The third-order valence-electron chi connectivity index (χ3n) is 1.59. The van der Waals surface area contributed by atoms with Crippen LogP contribution in [0.25, 0.3) is 11.6 Å². The van der Waals surface area contributed by atoms with Gasteiger partial charge in [0.05, 0.1) is 14.3 Å². The van der Waals surface area contributed by atoms with E-state index in [9.17, 15) is 0 Å². The number of nitrogens with zero attached hydrogens (tertiary/aromatic N) is 2. The van der Waals surface area contributed by atoms with E-state index < -0.39 is 0 Å². The number of nitrogens with two attached hydrogens (primary N) is 1. The lowest BCUT2D eigenvalue weighted by Gasteiger charge is -1.99. The molecular formula is C8H5BrIN3O. The molecule has 0 aliphatic heterocycles. The first kappa shape index (κ1) is 9.91. The first-order valence-electron chi connectivity index (χ1n) is 3.70. The normalized spacial score (nSPS) is 10.4. The number of anilines is 1. The maximum atomic E-state index is 5.66. The molecule has 6 heteroatoms. The van der Waals surface area contributed by atoms with Crippen LogP contribution in [0.4, 0.5) is 5.82 Å². The molecule has 0 aliphatic rings. The highest BCUT2D eigenvalue weighted by molar-refractivity contribution is 14.1. The third-order valence-corrected chi connectivity index (χ3v) is 3.05. The number of halogens is 2. The van der Waals surface area contributed by atoms with Crippen LogP contribution in [0, 0.1) is 3.57 Å². The average Bonchev–Trinajstić information content (AvgIpc) is 2.57. The molecule has 0 aliphatic carbocycles. The fourth-order valence-electron chi connectivity index (χ4n) is 0.943. The van der Waals surface area contributed by atoms with Crippen molar-refractivity contribution >= 4 is 44.3 Å². The Kier molecular flexibility index (Phi) is 2.73. The van der Waals surface area contributed by atoms with Crippen LogP contribution in [-0.2, 0) is 0 Å². The van der Waals surface area contributed by atoms with Gasteiger partial charge in [0.2, 0.25) is 0 Å². The molecule has 2 heterocycles. The Morgan fingerprint density at radius 1 is 1.50 bits per heavy atom. The number of hydrogen-bond donors (Lipinski definition) is 1. The summed E-state index contributed by atoms with van der Waals surface area (Å²) in [5.41, 5.74) is 5.66. The molecule has 2 aromatic rings. The van der Waals surface area contributed by atoms with Crippen LogP contribution in [0.5, 0.6) is 0 Å². The summed E-state index contributed by atoms with van der Waals surface area (Å²) in [5, 5.41) is 0. The number of hydrogen-bond acceptors (Lipinski definition) is 4. The molecule has 0 bridgehead atoms. The second-order valence-electron chi connectivity index (χ2n) is 2.52. The maximum Gasteiger partial charge on any atom is 0.198 e. The summed E-state index contributed by atoms with van der Waals surface area (Å²) in [4.78, 5) is 8.23. The Balaban J connectivity index is 2.53. The van der Waals surface area contributed by atoms with E-state index in [4.69, 9.17) is 10.2 Å². The standard InChI is InChI=1S/C8H5BrIN3O/c9-4-1-2-14-6(4)8-12-3-5(10)7(11)13-8/h1-3H,(H2,11,12,13). The van der Waals surface area contributed by atoms with Crippen LogP contribution in [0.15, 0.2) is 27.4 Å². The summed E-state index contributed by atoms with van der Waals surface area (Å²) in [6, 6.07) is 1.78. The Hall–Kier alpha value is -0.630. The second kappa shape index (κ2) is 3.85. The molecular weight excluding hydrogens is 361 g/mol. The largest absolute Gasteiger partial charge is 0.460 e. The topological polar surface area (TPSA) is 64.9 Å². The van der Waals surface area contributed by atoms with E-state index >= 15 is 0 Å². The number of nitrogen functional groups attached to an aromatic ring is 1. The highest BCUT2D eigenvalue weighted by Crippen LogP contribution is 2.27. The summed E-state index contributed by atoms with van der Waals surface area (Å²) < 4.78 is 6.86. The fourth-order valence-corrected chi connectivity index (χ4v) is 1.58. The van der Waals surface area contributed by atoms with Crippen molar-refractivity contribution in [1.82, 2.24) is 9.97 Å². The van der Waals surface area contributed by atoms with Crippen LogP contribution in [-0.4, -0.2) is 9.97 Å². The molecule has 2 N–H and O–H groups in total. The zero-order valence-electron chi connectivity index (χ0n) is 6.87. The van der Waals surface area contributed by atoms with Gasteiger partial charge in [0, 0.05) is 6.20 Å². The van der Waals surface area contributed by atoms with Crippen molar-refractivity contribution in [2.24, 2.45) is 0 Å². The predicted molar refractivity (Wildman–Crippen MR) is 64.6 cm³/mol. The molecule has 0 saturated carbocycles. The zero-order valence-corrected chi connectivity index (χ0v) is 10.6. The van der Waals surface area contributed by atoms with Crippen LogP contribution >= 0.6 is 38.5 Å². The number of furan rings is 1. The molecule has 2 aromatic heterocycles. The van der Waals surface area contributed by atoms with Crippen LogP contribution < -0.4 is 5.73 Å². The Bertz CT molecular complexity index is 471. The van der Waals surface area contributed by atoms with E-state index in [2.05, 4.69) is 48.5 Å². The molecule has 0 fully saturated rings. The Morgan fingerprint density at radius 3 is 2.86 bits per heavy atom. The van der Waals surface area contributed by atoms with Crippen molar-refractivity contribution in [3.05, 3.63) is 26.6 Å². The fraction of sp³-hybridized carbons (Fsp3) is 0. The summed E-state index contributed by atoms with van der Waals surface area (Å²) >= 11 is 5.40. The molecule has 4 nitrogen and oxygen atoms in total. The zero-order chi connectivity index (χ0) is 10.1. The van der Waals surface area contributed by atoms with Crippen molar-refractivity contribution in [3.8, 4) is 11.6 Å². The molecule has 0 atom stereocenters. The van der Waals surface area contributed by atoms with Gasteiger partial charge in [-0.15, -0.1) is 0 Å². The number of rotatable bonds is 1. The summed E-state index contributed by atoms with van der Waals surface area (Å²) in [6.45, 7) is 0. The van der Waals surface area contributed by atoms with Gasteiger partial charge in [-0.1, -0.05) is 0 Å². The SMILES string of the molecule is Nc1nc(-c2occc2Br)ncc1I. The van der Waals surface area contributed by atoms with Gasteiger partial charge < -0.3 is 10.2 Å². The van der Waals surface area contributed by atoms with Crippen molar-refractivity contribution in [2.75, 3.05) is 5.73 Å². The molecule has 0 radical (unpaired) electrons. The molecule has 0 saturated heterocycles. The van der Waals surface area contributed by atoms with E-state index in [1.165, 1.54) is 0 Å². The summed E-state index contributed by atoms with van der Waals surface area (Å²) in [6.07, 6.45) is 3.23. The van der Waals surface area contributed by atoms with E-state index in [0.717, 1.165) is 8.04 Å². The molecule has 0 unspecified atom stereocenters. The minimum Gasteiger partial charge on any atom is -0.460 e. The number of aromatic nitrogens is 2. The van der Waals surface area contributed by atoms with Gasteiger partial charge in [-0.2, -0.15) is 0 Å². The van der Waals surface area contributed by atoms with Gasteiger partial charge in [-0.25, -0.2) is 9.97 Å². The molecule has 0 aromatic carbocycles. The smallest absolute Gasteiger partial charge is 0.198 e. The third kappa shape index (κ3) is 1.76. The first-order chi connectivity index (χ1) is 6.68. The lowest BCUT2D eigenvalue weighted by atomic mass is 10.4. The monoisotopic (exact) mass is 365 g/mol. The molecule has 72 valence electrons. The van der Waals surface area contributed by atoms with E-state index in [1.54, 1.807) is 18.5 Å². The van der Waals surface area contributed by atoms with Gasteiger partial charge >= 0.3 is 0 Å². The first-order valence-corrected chi connectivity index (χ1v) is 5.57.